The first kappa shape index (κ1) is 16.1. The van der Waals surface area contributed by atoms with Crippen LogP contribution in [0.15, 0.2) is 0 Å². The van der Waals surface area contributed by atoms with Crippen LogP contribution >= 0.6 is 0 Å². The van der Waals surface area contributed by atoms with Crippen molar-refractivity contribution in [2.24, 2.45) is 11.3 Å². The predicted molar refractivity (Wildman–Crippen MR) is 81.1 cm³/mol. The van der Waals surface area contributed by atoms with Crippen molar-refractivity contribution in [2.45, 2.75) is 70.8 Å². The lowest BCUT2D eigenvalue weighted by Crippen LogP contribution is -2.47. The summed E-state index contributed by atoms with van der Waals surface area (Å²) < 4.78 is 0. The Labute approximate surface area is 126 Å². The number of carbonyl (C=O) groups excluding carboxylic acids is 1. The molecule has 2 fully saturated rings. The van der Waals surface area contributed by atoms with Gasteiger partial charge in [0.2, 0.25) is 0 Å². The summed E-state index contributed by atoms with van der Waals surface area (Å²) in [5, 5.41) is 15.0. The molecule has 2 atom stereocenters. The van der Waals surface area contributed by atoms with Crippen LogP contribution < -0.4 is 10.6 Å². The van der Waals surface area contributed by atoms with Crippen molar-refractivity contribution in [3.63, 3.8) is 0 Å². The van der Waals surface area contributed by atoms with Gasteiger partial charge in [-0.05, 0) is 37.5 Å². The Hall–Kier alpha value is -1.26. The second-order valence-corrected chi connectivity index (χ2v) is 7.10. The van der Waals surface area contributed by atoms with E-state index >= 15 is 0 Å². The molecule has 21 heavy (non-hydrogen) atoms. The van der Waals surface area contributed by atoms with Gasteiger partial charge in [-0.2, -0.15) is 0 Å². The fraction of sp³-hybridized carbons (Fsp3) is 0.875. The zero-order chi connectivity index (χ0) is 15.3. The number of carbonyl (C=O) groups is 2. The molecule has 0 spiro atoms. The molecule has 2 aliphatic carbocycles. The van der Waals surface area contributed by atoms with Gasteiger partial charge in [-0.25, -0.2) is 4.79 Å². The lowest BCUT2D eigenvalue weighted by atomic mass is 9.76. The number of amides is 2. The van der Waals surface area contributed by atoms with Crippen LogP contribution in [0.4, 0.5) is 4.79 Å². The first-order chi connectivity index (χ1) is 9.98. The molecule has 5 nitrogen and oxygen atoms in total. The average Bonchev–Trinajstić information content (AvgIpc) is 2.46. The van der Waals surface area contributed by atoms with Crippen LogP contribution in [0.5, 0.6) is 0 Å². The Morgan fingerprint density at radius 2 is 1.86 bits per heavy atom. The van der Waals surface area contributed by atoms with Crippen molar-refractivity contribution in [3.05, 3.63) is 0 Å². The molecule has 2 rings (SSSR count). The normalized spacial score (nSPS) is 28.6. The Balaban J connectivity index is 1.72. The van der Waals surface area contributed by atoms with Crippen LogP contribution in [-0.2, 0) is 4.79 Å². The molecule has 0 aliphatic heterocycles. The molecule has 120 valence electrons. The SMILES string of the molecule is CC1(CNC(=O)NC2CCCC(C(=O)O)C2)CCCCC1. The Kier molecular flexibility index (Phi) is 5.48. The van der Waals surface area contributed by atoms with E-state index in [4.69, 9.17) is 5.11 Å². The highest BCUT2D eigenvalue weighted by atomic mass is 16.4. The minimum Gasteiger partial charge on any atom is -0.481 e. The van der Waals surface area contributed by atoms with Crippen molar-refractivity contribution in [1.82, 2.24) is 10.6 Å². The van der Waals surface area contributed by atoms with Crippen molar-refractivity contribution < 1.29 is 14.7 Å². The molecule has 3 N–H and O–H groups in total. The van der Waals surface area contributed by atoms with E-state index in [2.05, 4.69) is 17.6 Å². The molecular weight excluding hydrogens is 268 g/mol. The van der Waals surface area contributed by atoms with Crippen molar-refractivity contribution >= 4 is 12.0 Å². The highest BCUT2D eigenvalue weighted by molar-refractivity contribution is 5.74. The van der Waals surface area contributed by atoms with Crippen LogP contribution in [0.2, 0.25) is 0 Å². The number of hydrogen-bond donors (Lipinski definition) is 3. The third kappa shape index (κ3) is 4.90. The maximum Gasteiger partial charge on any atom is 0.315 e. The van der Waals surface area contributed by atoms with Gasteiger partial charge in [0.15, 0.2) is 0 Å². The largest absolute Gasteiger partial charge is 0.481 e. The summed E-state index contributed by atoms with van der Waals surface area (Å²) in [4.78, 5) is 23.0. The summed E-state index contributed by atoms with van der Waals surface area (Å²) in [5.41, 5.74) is 0.228. The fourth-order valence-electron chi connectivity index (χ4n) is 3.66. The summed E-state index contributed by atoms with van der Waals surface area (Å²) >= 11 is 0. The van der Waals surface area contributed by atoms with Crippen LogP contribution in [-0.4, -0.2) is 29.7 Å². The van der Waals surface area contributed by atoms with E-state index < -0.39 is 5.97 Å². The minimum absolute atomic E-state index is 0.000915. The van der Waals surface area contributed by atoms with E-state index in [1.807, 2.05) is 0 Å². The first-order valence-electron chi connectivity index (χ1n) is 8.26. The Bertz CT molecular complexity index is 378. The molecule has 2 amide bonds. The van der Waals surface area contributed by atoms with Crippen LogP contribution in [0, 0.1) is 11.3 Å². The van der Waals surface area contributed by atoms with E-state index in [1.54, 1.807) is 0 Å². The molecule has 0 aromatic heterocycles. The standard InChI is InChI=1S/C16H28N2O3/c1-16(8-3-2-4-9-16)11-17-15(21)18-13-7-5-6-12(10-13)14(19)20/h12-13H,2-11H2,1H3,(H,19,20)(H2,17,18,21). The van der Waals surface area contributed by atoms with Crippen molar-refractivity contribution in [1.29, 1.82) is 0 Å². The maximum atomic E-state index is 12.0. The summed E-state index contributed by atoms with van der Waals surface area (Å²) in [6, 6.07) is -0.142. The molecule has 0 bridgehead atoms. The molecule has 5 heteroatoms. The third-order valence-electron chi connectivity index (χ3n) is 5.10. The first-order valence-corrected chi connectivity index (χ1v) is 8.26. The number of hydrogen-bond acceptors (Lipinski definition) is 2. The maximum absolute atomic E-state index is 12.0. The molecule has 0 aromatic carbocycles. The smallest absolute Gasteiger partial charge is 0.315 e. The quantitative estimate of drug-likeness (QED) is 0.746. The van der Waals surface area contributed by atoms with E-state index in [0.717, 1.165) is 19.3 Å². The topological polar surface area (TPSA) is 78.4 Å². The number of carboxylic acid groups (broad SMARTS) is 1. The van der Waals surface area contributed by atoms with Crippen molar-refractivity contribution in [2.75, 3.05) is 6.54 Å². The zero-order valence-corrected chi connectivity index (χ0v) is 13.0. The van der Waals surface area contributed by atoms with Gasteiger partial charge < -0.3 is 15.7 Å². The number of carboxylic acids is 1. The van der Waals surface area contributed by atoms with Gasteiger partial charge >= 0.3 is 12.0 Å². The van der Waals surface area contributed by atoms with Gasteiger partial charge in [0.1, 0.15) is 0 Å². The third-order valence-corrected chi connectivity index (χ3v) is 5.10. The van der Waals surface area contributed by atoms with E-state index in [-0.39, 0.29) is 23.4 Å². The van der Waals surface area contributed by atoms with Crippen LogP contribution in [0.3, 0.4) is 0 Å². The summed E-state index contributed by atoms with van der Waals surface area (Å²) in [5.74, 6) is -1.04. The van der Waals surface area contributed by atoms with Gasteiger partial charge in [0, 0.05) is 12.6 Å². The molecule has 0 aromatic rings. The summed E-state index contributed by atoms with van der Waals surface area (Å²) in [7, 11) is 0. The lowest BCUT2D eigenvalue weighted by Gasteiger charge is -2.34. The van der Waals surface area contributed by atoms with Gasteiger partial charge in [-0.15, -0.1) is 0 Å². The van der Waals surface area contributed by atoms with E-state index in [9.17, 15) is 9.59 Å². The monoisotopic (exact) mass is 296 g/mol. The molecular formula is C16H28N2O3. The second kappa shape index (κ2) is 7.14. The molecule has 0 heterocycles. The lowest BCUT2D eigenvalue weighted by molar-refractivity contribution is -0.143. The number of aliphatic carboxylic acids is 1. The highest BCUT2D eigenvalue weighted by Gasteiger charge is 2.29. The molecule has 2 aliphatic rings. The number of rotatable bonds is 4. The van der Waals surface area contributed by atoms with Gasteiger partial charge in [-0.1, -0.05) is 32.6 Å². The molecule has 2 saturated carbocycles. The molecule has 2 unspecified atom stereocenters. The second-order valence-electron chi connectivity index (χ2n) is 7.10. The average molecular weight is 296 g/mol. The van der Waals surface area contributed by atoms with Gasteiger partial charge in [0.25, 0.3) is 0 Å². The van der Waals surface area contributed by atoms with E-state index in [1.165, 1.54) is 32.1 Å². The van der Waals surface area contributed by atoms with Crippen LogP contribution in [0.25, 0.3) is 0 Å². The van der Waals surface area contributed by atoms with Crippen LogP contribution in [0.1, 0.15) is 64.7 Å². The zero-order valence-electron chi connectivity index (χ0n) is 13.0. The Morgan fingerprint density at radius 3 is 2.52 bits per heavy atom. The minimum atomic E-state index is -0.739. The molecule has 0 radical (unpaired) electrons. The van der Waals surface area contributed by atoms with Gasteiger partial charge in [-0.3, -0.25) is 4.79 Å². The van der Waals surface area contributed by atoms with E-state index in [0.29, 0.717) is 13.0 Å². The summed E-state index contributed by atoms with van der Waals surface area (Å²) in [6.07, 6.45) is 9.21. The number of nitrogens with one attached hydrogen (secondary N) is 2. The fourth-order valence-corrected chi connectivity index (χ4v) is 3.66. The Morgan fingerprint density at radius 1 is 1.14 bits per heavy atom. The highest BCUT2D eigenvalue weighted by Crippen LogP contribution is 2.34. The van der Waals surface area contributed by atoms with Crippen molar-refractivity contribution in [3.8, 4) is 0 Å². The predicted octanol–water partition coefficient (Wildman–Crippen LogP) is 2.90. The summed E-state index contributed by atoms with van der Waals surface area (Å²) in [6.45, 7) is 2.96. The van der Waals surface area contributed by atoms with Gasteiger partial charge in [0.05, 0.1) is 5.92 Å². The number of urea groups is 1. The molecule has 0 saturated heterocycles.